The number of phenolic OH excluding ortho intramolecular Hbond substituents is 2. The van der Waals surface area contributed by atoms with Crippen molar-refractivity contribution in [1.29, 1.82) is 0 Å². The van der Waals surface area contributed by atoms with Crippen molar-refractivity contribution >= 4 is 5.78 Å². The van der Waals surface area contributed by atoms with Crippen LogP contribution in [0.2, 0.25) is 0 Å². The number of carbonyl (C=O) groups is 1. The standard InChI is InChI=1S/C21H22O7/c22-8-10-4-14-18(17-7-11(24)6-12(9-23)28-17)13-2-1-3-15(25)19(13)21(27)20(14)16(26)5-10/h1-5,11-12,17-18,22-26H,6-9H2. The smallest absolute Gasteiger partial charge is 0.201 e. The van der Waals surface area contributed by atoms with Crippen LogP contribution in [0.5, 0.6) is 11.5 Å². The van der Waals surface area contributed by atoms with Gasteiger partial charge in [0.15, 0.2) is 0 Å². The van der Waals surface area contributed by atoms with Crippen LogP contribution in [0.3, 0.4) is 0 Å². The lowest BCUT2D eigenvalue weighted by Crippen LogP contribution is -2.42. The van der Waals surface area contributed by atoms with Crippen molar-refractivity contribution in [2.75, 3.05) is 6.61 Å². The number of ether oxygens (including phenoxy) is 1. The van der Waals surface area contributed by atoms with E-state index in [9.17, 15) is 30.3 Å². The third kappa shape index (κ3) is 2.97. The van der Waals surface area contributed by atoms with Crippen LogP contribution in [0.1, 0.15) is 51.4 Å². The summed E-state index contributed by atoms with van der Waals surface area (Å²) in [7, 11) is 0. The molecule has 0 radical (unpaired) electrons. The van der Waals surface area contributed by atoms with Crippen molar-refractivity contribution in [3.05, 3.63) is 58.1 Å². The summed E-state index contributed by atoms with van der Waals surface area (Å²) >= 11 is 0. The fourth-order valence-electron chi connectivity index (χ4n) is 4.41. The van der Waals surface area contributed by atoms with Gasteiger partial charge >= 0.3 is 0 Å². The lowest BCUT2D eigenvalue weighted by atomic mass is 9.72. The van der Waals surface area contributed by atoms with Crippen LogP contribution in [0.25, 0.3) is 0 Å². The maximum atomic E-state index is 13.0. The van der Waals surface area contributed by atoms with Gasteiger partial charge in [0.1, 0.15) is 11.5 Å². The Labute approximate surface area is 161 Å². The van der Waals surface area contributed by atoms with E-state index in [0.29, 0.717) is 23.1 Å². The fourth-order valence-corrected chi connectivity index (χ4v) is 4.41. The topological polar surface area (TPSA) is 127 Å². The first-order valence-corrected chi connectivity index (χ1v) is 9.22. The Morgan fingerprint density at radius 2 is 1.75 bits per heavy atom. The van der Waals surface area contributed by atoms with E-state index >= 15 is 0 Å². The third-order valence-electron chi connectivity index (χ3n) is 5.57. The van der Waals surface area contributed by atoms with Gasteiger partial charge in [0.25, 0.3) is 0 Å². The molecule has 1 aliphatic carbocycles. The van der Waals surface area contributed by atoms with Crippen LogP contribution < -0.4 is 0 Å². The molecule has 1 fully saturated rings. The van der Waals surface area contributed by atoms with Gasteiger partial charge in [-0.05, 0) is 28.8 Å². The molecule has 7 nitrogen and oxygen atoms in total. The van der Waals surface area contributed by atoms with E-state index in [2.05, 4.69) is 0 Å². The number of aliphatic hydroxyl groups is 3. The number of fused-ring (bicyclic) bond motifs is 2. The highest BCUT2D eigenvalue weighted by molar-refractivity contribution is 6.16. The minimum absolute atomic E-state index is 0.0559. The Hall–Kier alpha value is -2.45. The molecule has 1 aliphatic heterocycles. The van der Waals surface area contributed by atoms with Crippen LogP contribution >= 0.6 is 0 Å². The van der Waals surface area contributed by atoms with Crippen molar-refractivity contribution in [3.8, 4) is 11.5 Å². The molecule has 0 amide bonds. The van der Waals surface area contributed by atoms with Crippen LogP contribution in [-0.2, 0) is 11.3 Å². The van der Waals surface area contributed by atoms with Crippen LogP contribution in [0.15, 0.2) is 30.3 Å². The van der Waals surface area contributed by atoms with E-state index in [0.717, 1.165) is 0 Å². The van der Waals surface area contributed by atoms with Gasteiger partial charge in [-0.15, -0.1) is 0 Å². The number of carbonyl (C=O) groups excluding carboxylic acids is 1. The van der Waals surface area contributed by atoms with Gasteiger partial charge in [0.05, 0.1) is 42.7 Å². The van der Waals surface area contributed by atoms with E-state index in [1.165, 1.54) is 12.1 Å². The zero-order chi connectivity index (χ0) is 20.0. The van der Waals surface area contributed by atoms with Gasteiger partial charge in [-0.2, -0.15) is 0 Å². The van der Waals surface area contributed by atoms with Gasteiger partial charge in [0, 0.05) is 18.8 Å². The molecule has 148 valence electrons. The lowest BCUT2D eigenvalue weighted by Gasteiger charge is -2.40. The number of ketones is 1. The second kappa shape index (κ2) is 7.18. The van der Waals surface area contributed by atoms with Crippen LogP contribution in [0, 0.1) is 0 Å². The molecule has 1 saturated heterocycles. The number of phenols is 2. The molecular weight excluding hydrogens is 364 g/mol. The molecule has 0 bridgehead atoms. The summed E-state index contributed by atoms with van der Waals surface area (Å²) in [6.45, 7) is -0.567. The molecule has 5 N–H and O–H groups in total. The number of aromatic hydroxyl groups is 2. The first-order valence-electron chi connectivity index (χ1n) is 9.22. The molecule has 4 atom stereocenters. The van der Waals surface area contributed by atoms with E-state index in [4.69, 9.17) is 4.74 Å². The molecule has 2 aromatic rings. The lowest BCUT2D eigenvalue weighted by molar-refractivity contribution is -0.116. The predicted octanol–water partition coefficient (Wildman–Crippen LogP) is 1.17. The van der Waals surface area contributed by atoms with E-state index in [-0.39, 0.29) is 42.3 Å². The van der Waals surface area contributed by atoms with Gasteiger partial charge < -0.3 is 30.3 Å². The number of hydrogen-bond donors (Lipinski definition) is 5. The Kier molecular flexibility index (Phi) is 4.84. The molecule has 4 rings (SSSR count). The summed E-state index contributed by atoms with van der Waals surface area (Å²) in [4.78, 5) is 13.0. The van der Waals surface area contributed by atoms with E-state index < -0.39 is 30.0 Å². The van der Waals surface area contributed by atoms with Gasteiger partial charge in [-0.1, -0.05) is 18.2 Å². The molecule has 0 saturated carbocycles. The second-order valence-corrected chi connectivity index (χ2v) is 7.39. The first kappa shape index (κ1) is 18.9. The maximum Gasteiger partial charge on any atom is 0.201 e. The van der Waals surface area contributed by atoms with Crippen molar-refractivity contribution < 1.29 is 35.1 Å². The monoisotopic (exact) mass is 386 g/mol. The van der Waals surface area contributed by atoms with Crippen molar-refractivity contribution in [2.24, 2.45) is 0 Å². The summed E-state index contributed by atoms with van der Waals surface area (Å²) in [5, 5.41) is 50.2. The quantitative estimate of drug-likeness (QED) is 0.536. The Morgan fingerprint density at radius 3 is 2.46 bits per heavy atom. The molecule has 2 aliphatic rings. The highest BCUT2D eigenvalue weighted by Gasteiger charge is 2.42. The van der Waals surface area contributed by atoms with Crippen LogP contribution in [0.4, 0.5) is 0 Å². The summed E-state index contributed by atoms with van der Waals surface area (Å²) in [5.41, 5.74) is 1.59. The average molecular weight is 386 g/mol. The Morgan fingerprint density at radius 1 is 1.00 bits per heavy atom. The van der Waals surface area contributed by atoms with Gasteiger partial charge in [-0.3, -0.25) is 4.79 Å². The number of aliphatic hydroxyl groups excluding tert-OH is 3. The molecule has 7 heteroatoms. The van der Waals surface area contributed by atoms with Crippen molar-refractivity contribution in [1.82, 2.24) is 0 Å². The van der Waals surface area contributed by atoms with E-state index in [1.807, 2.05) is 0 Å². The zero-order valence-electron chi connectivity index (χ0n) is 15.1. The maximum absolute atomic E-state index is 13.0. The van der Waals surface area contributed by atoms with Gasteiger partial charge in [0.2, 0.25) is 5.78 Å². The summed E-state index contributed by atoms with van der Waals surface area (Å²) < 4.78 is 6.00. The molecule has 28 heavy (non-hydrogen) atoms. The zero-order valence-corrected chi connectivity index (χ0v) is 15.1. The molecular formula is C21H22O7. The van der Waals surface area contributed by atoms with Crippen molar-refractivity contribution in [2.45, 2.75) is 43.7 Å². The van der Waals surface area contributed by atoms with Crippen LogP contribution in [-0.4, -0.2) is 56.2 Å². The predicted molar refractivity (Wildman–Crippen MR) is 98.4 cm³/mol. The third-order valence-corrected chi connectivity index (χ3v) is 5.57. The van der Waals surface area contributed by atoms with Gasteiger partial charge in [-0.25, -0.2) is 0 Å². The molecule has 0 aromatic heterocycles. The number of benzene rings is 2. The fraction of sp³-hybridized carbons (Fsp3) is 0.381. The summed E-state index contributed by atoms with van der Waals surface area (Å²) in [5.74, 6) is -1.54. The van der Waals surface area contributed by atoms with Crippen molar-refractivity contribution in [3.63, 3.8) is 0 Å². The largest absolute Gasteiger partial charge is 0.507 e. The SMILES string of the molecule is O=C1c2c(O)cccc2C(C2CC(O)CC(CO)O2)c2cc(CO)cc(O)c21. The molecule has 2 aromatic carbocycles. The van der Waals surface area contributed by atoms with E-state index in [1.54, 1.807) is 18.2 Å². The normalized spacial score (nSPS) is 26.6. The second-order valence-electron chi connectivity index (χ2n) is 7.39. The Bertz CT molecular complexity index is 923. The minimum atomic E-state index is -0.688. The highest BCUT2D eigenvalue weighted by atomic mass is 16.5. The summed E-state index contributed by atoms with van der Waals surface area (Å²) in [6, 6.07) is 7.71. The molecule has 0 spiro atoms. The molecule has 1 heterocycles. The number of hydrogen-bond acceptors (Lipinski definition) is 7. The Balaban J connectivity index is 1.93. The summed E-state index contributed by atoms with van der Waals surface area (Å²) in [6.07, 6.45) is -1.24. The average Bonchev–Trinajstić information content (AvgIpc) is 2.67. The molecule has 4 unspecified atom stereocenters. The minimum Gasteiger partial charge on any atom is -0.507 e. The highest BCUT2D eigenvalue weighted by Crippen LogP contribution is 2.47. The number of rotatable bonds is 3. The first-order chi connectivity index (χ1) is 13.4.